The molecule has 0 amide bonds. The smallest absolute Gasteiger partial charge is 0.328 e. The first-order chi connectivity index (χ1) is 11.3. The van der Waals surface area contributed by atoms with Crippen LogP contribution in [0.1, 0.15) is 46.5 Å². The van der Waals surface area contributed by atoms with Crippen LogP contribution in [0, 0.1) is 5.41 Å². The van der Waals surface area contributed by atoms with Crippen molar-refractivity contribution < 1.29 is 19.1 Å². The van der Waals surface area contributed by atoms with Gasteiger partial charge in [-0.15, -0.1) is 0 Å². The molecule has 24 heavy (non-hydrogen) atoms. The Morgan fingerprint density at radius 1 is 1.00 bits per heavy atom. The monoisotopic (exact) mass is 394 g/mol. The SMILES string of the molecule is CCCCOC(=O)C(CC)(CC)C(=O)Oc1c(Cl)cc(Cl)cc1Cl. The van der Waals surface area contributed by atoms with Gasteiger partial charge in [0.2, 0.25) is 0 Å². The standard InChI is InChI=1S/C17H21Cl3O4/c1-4-7-8-23-15(21)17(5-2,6-3)16(22)24-14-12(19)9-11(18)10-13(14)20/h9-10H,4-8H2,1-3H3. The highest BCUT2D eigenvalue weighted by Gasteiger charge is 2.46. The third kappa shape index (κ3) is 4.78. The first kappa shape index (κ1) is 21.1. The molecule has 1 aromatic rings. The van der Waals surface area contributed by atoms with Gasteiger partial charge in [-0.2, -0.15) is 0 Å². The van der Waals surface area contributed by atoms with Gasteiger partial charge in [0.25, 0.3) is 0 Å². The molecule has 0 atom stereocenters. The van der Waals surface area contributed by atoms with Crippen molar-refractivity contribution in [2.24, 2.45) is 5.41 Å². The van der Waals surface area contributed by atoms with E-state index < -0.39 is 17.4 Å². The summed E-state index contributed by atoms with van der Waals surface area (Å²) < 4.78 is 10.6. The number of rotatable bonds is 8. The van der Waals surface area contributed by atoms with Gasteiger partial charge in [-0.05, 0) is 31.4 Å². The molecule has 0 saturated heterocycles. The molecule has 0 aromatic heterocycles. The molecule has 4 nitrogen and oxygen atoms in total. The number of carbonyl (C=O) groups excluding carboxylic acids is 2. The Morgan fingerprint density at radius 3 is 2.00 bits per heavy atom. The van der Waals surface area contributed by atoms with Gasteiger partial charge in [0.1, 0.15) is 0 Å². The predicted molar refractivity (Wildman–Crippen MR) is 96.0 cm³/mol. The van der Waals surface area contributed by atoms with Crippen LogP contribution in [0.5, 0.6) is 5.75 Å². The van der Waals surface area contributed by atoms with E-state index in [0.29, 0.717) is 5.02 Å². The normalized spacial score (nSPS) is 11.2. The molecular weight excluding hydrogens is 375 g/mol. The zero-order valence-electron chi connectivity index (χ0n) is 14.0. The molecule has 1 aromatic carbocycles. The minimum atomic E-state index is -1.39. The van der Waals surface area contributed by atoms with Crippen LogP contribution >= 0.6 is 34.8 Å². The zero-order valence-corrected chi connectivity index (χ0v) is 16.2. The molecular formula is C17H21Cl3O4. The lowest BCUT2D eigenvalue weighted by Crippen LogP contribution is -2.42. The second-order valence-corrected chi connectivity index (χ2v) is 6.62. The molecule has 0 saturated carbocycles. The maximum absolute atomic E-state index is 12.7. The number of hydrogen-bond donors (Lipinski definition) is 0. The number of esters is 2. The van der Waals surface area contributed by atoms with Crippen molar-refractivity contribution in [3.8, 4) is 5.75 Å². The minimum Gasteiger partial charge on any atom is -0.465 e. The topological polar surface area (TPSA) is 52.6 Å². The summed E-state index contributed by atoms with van der Waals surface area (Å²) >= 11 is 17.9. The van der Waals surface area contributed by atoms with Crippen LogP contribution in [0.25, 0.3) is 0 Å². The largest absolute Gasteiger partial charge is 0.465 e. The first-order valence-corrected chi connectivity index (χ1v) is 8.99. The van der Waals surface area contributed by atoms with E-state index in [9.17, 15) is 9.59 Å². The highest BCUT2D eigenvalue weighted by molar-refractivity contribution is 6.40. The summed E-state index contributed by atoms with van der Waals surface area (Å²) in [5.74, 6) is -1.34. The maximum Gasteiger partial charge on any atom is 0.328 e. The fourth-order valence-electron chi connectivity index (χ4n) is 2.17. The lowest BCUT2D eigenvalue weighted by molar-refractivity contribution is -0.168. The van der Waals surface area contributed by atoms with Crippen LogP contribution in [0.15, 0.2) is 12.1 Å². The first-order valence-electron chi connectivity index (χ1n) is 7.86. The maximum atomic E-state index is 12.7. The Bertz CT molecular complexity index is 574. The van der Waals surface area contributed by atoms with Gasteiger partial charge < -0.3 is 9.47 Å². The molecule has 0 heterocycles. The number of ether oxygens (including phenoxy) is 2. The molecule has 0 fully saturated rings. The van der Waals surface area contributed by atoms with E-state index in [1.165, 1.54) is 12.1 Å². The fourth-order valence-corrected chi connectivity index (χ4v) is 3.07. The molecule has 0 bridgehead atoms. The predicted octanol–water partition coefficient (Wildman–Crippen LogP) is 5.70. The average Bonchev–Trinajstić information content (AvgIpc) is 2.52. The minimum absolute atomic E-state index is 0.0135. The van der Waals surface area contributed by atoms with Crippen molar-refractivity contribution >= 4 is 46.7 Å². The Labute approximate surface area is 157 Å². The van der Waals surface area contributed by atoms with Crippen molar-refractivity contribution in [2.75, 3.05) is 6.61 Å². The van der Waals surface area contributed by atoms with Gasteiger partial charge in [-0.1, -0.05) is 62.0 Å². The van der Waals surface area contributed by atoms with E-state index in [4.69, 9.17) is 44.3 Å². The Morgan fingerprint density at radius 2 is 1.54 bits per heavy atom. The number of halogens is 3. The van der Waals surface area contributed by atoms with E-state index >= 15 is 0 Å². The number of benzene rings is 1. The molecule has 1 rings (SSSR count). The molecule has 0 aliphatic carbocycles. The molecule has 0 radical (unpaired) electrons. The van der Waals surface area contributed by atoms with Crippen LogP contribution in [0.3, 0.4) is 0 Å². The van der Waals surface area contributed by atoms with Gasteiger partial charge in [0.15, 0.2) is 11.2 Å². The molecule has 0 aliphatic heterocycles. The molecule has 0 N–H and O–H groups in total. The van der Waals surface area contributed by atoms with Crippen molar-refractivity contribution in [3.63, 3.8) is 0 Å². The van der Waals surface area contributed by atoms with E-state index in [1.54, 1.807) is 13.8 Å². The van der Waals surface area contributed by atoms with E-state index in [-0.39, 0.29) is 35.2 Å². The molecule has 7 heteroatoms. The number of carbonyl (C=O) groups is 2. The van der Waals surface area contributed by atoms with Gasteiger partial charge >= 0.3 is 11.9 Å². The average molecular weight is 396 g/mol. The van der Waals surface area contributed by atoms with Gasteiger partial charge in [-0.25, -0.2) is 0 Å². The van der Waals surface area contributed by atoms with Crippen LogP contribution in [-0.4, -0.2) is 18.5 Å². The molecule has 0 aliphatic rings. The van der Waals surface area contributed by atoms with Gasteiger partial charge in [0, 0.05) is 5.02 Å². The molecule has 0 unspecified atom stereocenters. The summed E-state index contributed by atoms with van der Waals surface area (Å²) in [5.41, 5.74) is -1.39. The summed E-state index contributed by atoms with van der Waals surface area (Å²) in [4.78, 5) is 25.1. The lowest BCUT2D eigenvalue weighted by Gasteiger charge is -2.27. The van der Waals surface area contributed by atoms with Crippen molar-refractivity contribution in [1.29, 1.82) is 0 Å². The highest BCUT2D eigenvalue weighted by atomic mass is 35.5. The number of unbranched alkanes of at least 4 members (excludes halogenated alkanes) is 1. The van der Waals surface area contributed by atoms with Crippen molar-refractivity contribution in [2.45, 2.75) is 46.5 Å². The summed E-state index contributed by atoms with van der Waals surface area (Å²) in [6.45, 7) is 5.72. The summed E-state index contributed by atoms with van der Waals surface area (Å²) in [5, 5.41) is 0.517. The second kappa shape index (κ2) is 9.50. The quantitative estimate of drug-likeness (QED) is 0.245. The third-order valence-electron chi connectivity index (χ3n) is 3.88. The molecule has 0 spiro atoms. The van der Waals surface area contributed by atoms with E-state index in [0.717, 1.165) is 12.8 Å². The van der Waals surface area contributed by atoms with Crippen LogP contribution in [-0.2, 0) is 14.3 Å². The van der Waals surface area contributed by atoms with E-state index in [2.05, 4.69) is 0 Å². The Balaban J connectivity index is 3.04. The number of hydrogen-bond acceptors (Lipinski definition) is 4. The Hall–Kier alpha value is -0.970. The third-order valence-corrected chi connectivity index (χ3v) is 4.66. The Kier molecular flexibility index (Phi) is 8.34. The van der Waals surface area contributed by atoms with Crippen LogP contribution in [0.2, 0.25) is 15.1 Å². The zero-order chi connectivity index (χ0) is 18.3. The summed E-state index contributed by atoms with van der Waals surface area (Å²) in [6, 6.07) is 2.83. The van der Waals surface area contributed by atoms with E-state index in [1.807, 2.05) is 6.92 Å². The van der Waals surface area contributed by atoms with Crippen molar-refractivity contribution in [3.05, 3.63) is 27.2 Å². The second-order valence-electron chi connectivity index (χ2n) is 5.37. The van der Waals surface area contributed by atoms with Crippen molar-refractivity contribution in [1.82, 2.24) is 0 Å². The summed E-state index contributed by atoms with van der Waals surface area (Å²) in [6.07, 6.45) is 2.12. The fraction of sp³-hybridized carbons (Fsp3) is 0.529. The van der Waals surface area contributed by atoms with Crippen LogP contribution in [0.4, 0.5) is 0 Å². The molecule has 134 valence electrons. The van der Waals surface area contributed by atoms with Gasteiger partial charge in [-0.3, -0.25) is 9.59 Å². The highest BCUT2D eigenvalue weighted by Crippen LogP contribution is 2.38. The van der Waals surface area contributed by atoms with Gasteiger partial charge in [0.05, 0.1) is 16.7 Å². The lowest BCUT2D eigenvalue weighted by atomic mass is 9.82. The summed E-state index contributed by atoms with van der Waals surface area (Å²) in [7, 11) is 0. The van der Waals surface area contributed by atoms with Crippen LogP contribution < -0.4 is 4.74 Å².